The fourth-order valence-electron chi connectivity index (χ4n) is 1.17. The van der Waals surface area contributed by atoms with Crippen LogP contribution in [0.4, 0.5) is 0 Å². The van der Waals surface area contributed by atoms with Crippen LogP contribution in [-0.2, 0) is 15.8 Å². The van der Waals surface area contributed by atoms with Gasteiger partial charge in [0.05, 0.1) is 12.4 Å². The van der Waals surface area contributed by atoms with Gasteiger partial charge in [0.1, 0.15) is 0 Å². The second kappa shape index (κ2) is 5.84. The Balaban J connectivity index is 2.80. The molecule has 7 heteroatoms. The number of hydrogen-bond donors (Lipinski definition) is 2. The van der Waals surface area contributed by atoms with E-state index in [0.29, 0.717) is 15.6 Å². The van der Waals surface area contributed by atoms with Crippen LogP contribution in [0, 0.1) is 0 Å². The maximum atomic E-state index is 11.5. The van der Waals surface area contributed by atoms with Gasteiger partial charge in [0.15, 0.2) is 0 Å². The summed E-state index contributed by atoms with van der Waals surface area (Å²) in [4.78, 5) is 0. The standard InChI is InChI=1S/C9H11Cl2NO3S/c10-8-3-7(4-9(11)5-8)6-16(14,15)12-1-2-13/h3-5,12-13H,1-2,6H2. The monoisotopic (exact) mass is 283 g/mol. The highest BCUT2D eigenvalue weighted by Crippen LogP contribution is 2.20. The molecule has 0 aromatic heterocycles. The van der Waals surface area contributed by atoms with Crippen LogP contribution in [0.5, 0.6) is 0 Å². The summed E-state index contributed by atoms with van der Waals surface area (Å²) in [6.07, 6.45) is 0. The van der Waals surface area contributed by atoms with Gasteiger partial charge in [0, 0.05) is 16.6 Å². The highest BCUT2D eigenvalue weighted by atomic mass is 35.5. The van der Waals surface area contributed by atoms with Gasteiger partial charge in [0.25, 0.3) is 0 Å². The zero-order valence-corrected chi connectivity index (χ0v) is 10.6. The van der Waals surface area contributed by atoms with Crippen LogP contribution >= 0.6 is 23.2 Å². The molecular formula is C9H11Cl2NO3S. The summed E-state index contributed by atoms with van der Waals surface area (Å²) in [6.45, 7) is -0.244. The minimum Gasteiger partial charge on any atom is -0.395 e. The molecule has 0 radical (unpaired) electrons. The number of rotatable bonds is 5. The Hall–Kier alpha value is -0.330. The minimum absolute atomic E-state index is 0.00334. The Morgan fingerprint density at radius 3 is 2.25 bits per heavy atom. The van der Waals surface area contributed by atoms with Crippen LogP contribution in [0.3, 0.4) is 0 Å². The maximum absolute atomic E-state index is 11.5. The average Bonchev–Trinajstić information content (AvgIpc) is 2.12. The number of aliphatic hydroxyl groups is 1. The molecule has 1 rings (SSSR count). The van der Waals surface area contributed by atoms with Crippen molar-refractivity contribution in [3.05, 3.63) is 33.8 Å². The Morgan fingerprint density at radius 2 is 1.75 bits per heavy atom. The van der Waals surface area contributed by atoms with Gasteiger partial charge >= 0.3 is 0 Å². The topological polar surface area (TPSA) is 66.4 Å². The molecule has 0 saturated carbocycles. The zero-order valence-electron chi connectivity index (χ0n) is 8.28. The quantitative estimate of drug-likeness (QED) is 0.859. The summed E-state index contributed by atoms with van der Waals surface area (Å²) in [7, 11) is -3.46. The molecule has 0 unspecified atom stereocenters. The lowest BCUT2D eigenvalue weighted by Crippen LogP contribution is -2.27. The maximum Gasteiger partial charge on any atom is 0.215 e. The van der Waals surface area contributed by atoms with E-state index in [0.717, 1.165) is 0 Å². The molecule has 1 aromatic rings. The van der Waals surface area contributed by atoms with Crippen molar-refractivity contribution in [3.63, 3.8) is 0 Å². The number of halogens is 2. The predicted octanol–water partition coefficient (Wildman–Crippen LogP) is 1.41. The fourth-order valence-corrected chi connectivity index (χ4v) is 2.85. The summed E-state index contributed by atoms with van der Waals surface area (Å²) in [5.41, 5.74) is 0.503. The van der Waals surface area contributed by atoms with Gasteiger partial charge in [-0.25, -0.2) is 13.1 Å². The van der Waals surface area contributed by atoms with Gasteiger partial charge in [-0.1, -0.05) is 23.2 Å². The molecule has 90 valence electrons. The number of aliphatic hydroxyl groups excluding tert-OH is 1. The lowest BCUT2D eigenvalue weighted by molar-refractivity contribution is 0.301. The van der Waals surface area contributed by atoms with Crippen LogP contribution in [0.1, 0.15) is 5.56 Å². The van der Waals surface area contributed by atoms with Gasteiger partial charge in [0.2, 0.25) is 10.0 Å². The third-order valence-corrected chi connectivity index (χ3v) is 3.51. The number of benzene rings is 1. The SMILES string of the molecule is O=S(=O)(Cc1cc(Cl)cc(Cl)c1)NCCO. The van der Waals surface area contributed by atoms with Crippen molar-refractivity contribution < 1.29 is 13.5 Å². The van der Waals surface area contributed by atoms with Gasteiger partial charge in [-0.15, -0.1) is 0 Å². The lowest BCUT2D eigenvalue weighted by atomic mass is 10.2. The largest absolute Gasteiger partial charge is 0.395 e. The second-order valence-corrected chi connectivity index (χ2v) is 5.83. The Bertz CT molecular complexity index is 442. The van der Waals surface area contributed by atoms with Crippen molar-refractivity contribution >= 4 is 33.2 Å². The normalized spacial score (nSPS) is 11.7. The first kappa shape index (κ1) is 13.7. The van der Waals surface area contributed by atoms with Crippen LogP contribution in [-0.4, -0.2) is 26.7 Å². The first-order valence-corrected chi connectivity index (χ1v) is 6.87. The highest BCUT2D eigenvalue weighted by molar-refractivity contribution is 7.88. The van der Waals surface area contributed by atoms with Gasteiger partial charge in [-0.2, -0.15) is 0 Å². The van der Waals surface area contributed by atoms with E-state index in [1.165, 1.54) is 18.2 Å². The van der Waals surface area contributed by atoms with E-state index in [1.54, 1.807) is 0 Å². The van der Waals surface area contributed by atoms with Gasteiger partial charge in [-0.3, -0.25) is 0 Å². The summed E-state index contributed by atoms with van der Waals surface area (Å²) in [5.74, 6) is -0.215. The first-order chi connectivity index (χ1) is 7.43. The number of hydrogen-bond acceptors (Lipinski definition) is 3. The lowest BCUT2D eigenvalue weighted by Gasteiger charge is -2.06. The summed E-state index contributed by atoms with van der Waals surface area (Å²) < 4.78 is 25.2. The third-order valence-electron chi connectivity index (χ3n) is 1.71. The smallest absolute Gasteiger partial charge is 0.215 e. The van der Waals surface area contributed by atoms with Crippen molar-refractivity contribution in [2.45, 2.75) is 5.75 Å². The Kier molecular flexibility index (Phi) is 5.01. The Morgan fingerprint density at radius 1 is 1.19 bits per heavy atom. The van der Waals surface area contributed by atoms with Crippen molar-refractivity contribution in [2.24, 2.45) is 0 Å². The second-order valence-electron chi connectivity index (χ2n) is 3.15. The molecule has 0 heterocycles. The molecule has 0 amide bonds. The molecule has 2 N–H and O–H groups in total. The minimum atomic E-state index is -3.46. The summed E-state index contributed by atoms with van der Waals surface area (Å²) >= 11 is 11.5. The molecule has 0 aliphatic rings. The molecule has 0 fully saturated rings. The Labute approximate surface area is 104 Å². The molecule has 0 aliphatic heterocycles. The van der Waals surface area contributed by atoms with Crippen LogP contribution < -0.4 is 4.72 Å². The van der Waals surface area contributed by atoms with E-state index in [-0.39, 0.29) is 18.9 Å². The van der Waals surface area contributed by atoms with E-state index >= 15 is 0 Å². The zero-order chi connectivity index (χ0) is 12.2. The van der Waals surface area contributed by atoms with Gasteiger partial charge in [-0.05, 0) is 23.8 Å². The summed E-state index contributed by atoms with van der Waals surface area (Å²) in [6, 6.07) is 4.59. The van der Waals surface area contributed by atoms with Crippen LogP contribution in [0.25, 0.3) is 0 Å². The predicted molar refractivity (Wildman–Crippen MR) is 64.2 cm³/mol. The van der Waals surface area contributed by atoms with Crippen molar-refractivity contribution in [3.8, 4) is 0 Å². The van der Waals surface area contributed by atoms with E-state index in [2.05, 4.69) is 4.72 Å². The first-order valence-electron chi connectivity index (χ1n) is 4.46. The molecule has 16 heavy (non-hydrogen) atoms. The van der Waals surface area contributed by atoms with Crippen molar-refractivity contribution in [2.75, 3.05) is 13.2 Å². The molecule has 4 nitrogen and oxygen atoms in total. The highest BCUT2D eigenvalue weighted by Gasteiger charge is 2.11. The number of sulfonamides is 1. The van der Waals surface area contributed by atoms with Crippen molar-refractivity contribution in [1.82, 2.24) is 4.72 Å². The summed E-state index contributed by atoms with van der Waals surface area (Å²) in [5, 5.41) is 9.29. The van der Waals surface area contributed by atoms with E-state index < -0.39 is 10.0 Å². The van der Waals surface area contributed by atoms with Crippen molar-refractivity contribution in [1.29, 1.82) is 0 Å². The number of nitrogens with one attached hydrogen (secondary N) is 1. The molecule has 1 aromatic carbocycles. The molecule has 0 aliphatic carbocycles. The van der Waals surface area contributed by atoms with Crippen LogP contribution in [0.2, 0.25) is 10.0 Å². The molecular weight excluding hydrogens is 273 g/mol. The van der Waals surface area contributed by atoms with E-state index in [1.807, 2.05) is 0 Å². The van der Waals surface area contributed by atoms with Crippen LogP contribution in [0.15, 0.2) is 18.2 Å². The van der Waals surface area contributed by atoms with E-state index in [9.17, 15) is 8.42 Å². The molecule has 0 spiro atoms. The molecule has 0 saturated heterocycles. The third kappa shape index (κ3) is 4.67. The molecule has 0 atom stereocenters. The molecule has 0 bridgehead atoms. The van der Waals surface area contributed by atoms with Gasteiger partial charge < -0.3 is 5.11 Å². The van der Waals surface area contributed by atoms with E-state index in [4.69, 9.17) is 28.3 Å². The average molecular weight is 284 g/mol. The fraction of sp³-hybridized carbons (Fsp3) is 0.333.